The third-order valence-electron chi connectivity index (χ3n) is 2.64. The number of benzene rings is 1. The van der Waals surface area contributed by atoms with Crippen LogP contribution in [0.4, 0.5) is 4.79 Å². The summed E-state index contributed by atoms with van der Waals surface area (Å²) in [6.45, 7) is 2.89. The third-order valence-corrected chi connectivity index (χ3v) is 2.64. The number of nitrogens with one attached hydrogen (secondary N) is 2. The predicted molar refractivity (Wildman–Crippen MR) is 81.6 cm³/mol. The summed E-state index contributed by atoms with van der Waals surface area (Å²) in [5, 5.41) is 4.52. The lowest BCUT2D eigenvalue weighted by molar-refractivity contribution is -0.123. The van der Waals surface area contributed by atoms with E-state index in [1.165, 1.54) is 14.2 Å². The number of methoxy groups -OCH3 is 2. The van der Waals surface area contributed by atoms with E-state index in [1.807, 2.05) is 5.32 Å². The Labute approximate surface area is 134 Å². The van der Waals surface area contributed by atoms with Crippen LogP contribution in [0.3, 0.4) is 0 Å². The standard InChI is InChI=1S/C15H20N2O6/c1-9(2)16-15(20)17-12(18)8-23-14(19)13-10(21-3)6-5-7-11(13)22-4/h5-7,9H,8H2,1-4H3,(H2,16,17,18,20). The van der Waals surface area contributed by atoms with Crippen LogP contribution < -0.4 is 20.1 Å². The number of imide groups is 1. The third kappa shape index (κ3) is 5.50. The van der Waals surface area contributed by atoms with Gasteiger partial charge in [-0.15, -0.1) is 0 Å². The highest BCUT2D eigenvalue weighted by molar-refractivity contribution is 5.99. The summed E-state index contributed by atoms with van der Waals surface area (Å²) in [5.74, 6) is -1.02. The second-order valence-corrected chi connectivity index (χ2v) is 4.79. The zero-order valence-electron chi connectivity index (χ0n) is 13.5. The highest BCUT2D eigenvalue weighted by Crippen LogP contribution is 2.28. The van der Waals surface area contributed by atoms with E-state index in [4.69, 9.17) is 14.2 Å². The normalized spacial score (nSPS) is 9.96. The zero-order valence-corrected chi connectivity index (χ0v) is 13.5. The van der Waals surface area contributed by atoms with Crippen LogP contribution in [0, 0.1) is 0 Å². The largest absolute Gasteiger partial charge is 0.496 e. The van der Waals surface area contributed by atoms with Gasteiger partial charge in [-0.05, 0) is 26.0 Å². The second kappa shape index (κ2) is 8.62. The Hall–Kier alpha value is -2.77. The van der Waals surface area contributed by atoms with Crippen molar-refractivity contribution in [2.45, 2.75) is 19.9 Å². The van der Waals surface area contributed by atoms with Crippen molar-refractivity contribution in [3.8, 4) is 11.5 Å². The maximum atomic E-state index is 12.1. The number of hydrogen-bond donors (Lipinski definition) is 2. The molecule has 0 aromatic heterocycles. The quantitative estimate of drug-likeness (QED) is 0.760. The molecule has 0 radical (unpaired) electrons. The van der Waals surface area contributed by atoms with Gasteiger partial charge in [0, 0.05) is 6.04 Å². The Bertz CT molecular complexity index is 563. The highest BCUT2D eigenvalue weighted by atomic mass is 16.5. The van der Waals surface area contributed by atoms with Crippen molar-refractivity contribution in [2.75, 3.05) is 20.8 Å². The Morgan fingerprint density at radius 3 is 2.13 bits per heavy atom. The van der Waals surface area contributed by atoms with Gasteiger partial charge in [0.05, 0.1) is 14.2 Å². The molecule has 0 aliphatic rings. The van der Waals surface area contributed by atoms with E-state index >= 15 is 0 Å². The number of rotatable bonds is 6. The highest BCUT2D eigenvalue weighted by Gasteiger charge is 2.21. The van der Waals surface area contributed by atoms with Crippen LogP contribution in [0.1, 0.15) is 24.2 Å². The summed E-state index contributed by atoms with van der Waals surface area (Å²) >= 11 is 0. The van der Waals surface area contributed by atoms with Crippen LogP contribution in [0.2, 0.25) is 0 Å². The SMILES string of the molecule is COc1cccc(OC)c1C(=O)OCC(=O)NC(=O)NC(C)C. The molecular formula is C15H20N2O6. The van der Waals surface area contributed by atoms with E-state index in [1.54, 1.807) is 32.0 Å². The van der Waals surface area contributed by atoms with Gasteiger partial charge in [-0.25, -0.2) is 9.59 Å². The van der Waals surface area contributed by atoms with Gasteiger partial charge in [-0.2, -0.15) is 0 Å². The van der Waals surface area contributed by atoms with Crippen molar-refractivity contribution in [3.63, 3.8) is 0 Å². The molecular weight excluding hydrogens is 304 g/mol. The molecule has 0 bridgehead atoms. The number of hydrogen-bond acceptors (Lipinski definition) is 6. The molecule has 0 saturated carbocycles. The molecule has 0 heterocycles. The van der Waals surface area contributed by atoms with E-state index in [0.717, 1.165) is 0 Å². The molecule has 0 saturated heterocycles. The minimum atomic E-state index is -0.793. The first-order valence-electron chi connectivity index (χ1n) is 6.87. The van der Waals surface area contributed by atoms with Gasteiger partial charge in [0.15, 0.2) is 6.61 Å². The van der Waals surface area contributed by atoms with Crippen LogP contribution in [0.5, 0.6) is 11.5 Å². The zero-order chi connectivity index (χ0) is 17.4. The summed E-state index contributed by atoms with van der Waals surface area (Å²) in [6.07, 6.45) is 0. The lowest BCUT2D eigenvalue weighted by Crippen LogP contribution is -2.44. The molecule has 1 aromatic carbocycles. The average Bonchev–Trinajstić information content (AvgIpc) is 2.50. The number of ether oxygens (including phenoxy) is 3. The fraction of sp³-hybridized carbons (Fsp3) is 0.400. The van der Waals surface area contributed by atoms with E-state index < -0.39 is 24.5 Å². The molecule has 3 amide bonds. The van der Waals surface area contributed by atoms with E-state index in [-0.39, 0.29) is 23.1 Å². The fourth-order valence-electron chi connectivity index (χ4n) is 1.72. The van der Waals surface area contributed by atoms with Gasteiger partial charge in [0.2, 0.25) is 0 Å². The lowest BCUT2D eigenvalue weighted by atomic mass is 10.2. The van der Waals surface area contributed by atoms with E-state index in [0.29, 0.717) is 0 Å². The molecule has 8 nitrogen and oxygen atoms in total. The number of carbonyl (C=O) groups excluding carboxylic acids is 3. The monoisotopic (exact) mass is 324 g/mol. The first-order chi connectivity index (χ1) is 10.9. The summed E-state index contributed by atoms with van der Waals surface area (Å²) in [7, 11) is 2.79. The lowest BCUT2D eigenvalue weighted by Gasteiger charge is -2.12. The average molecular weight is 324 g/mol. The molecule has 0 aliphatic heterocycles. The van der Waals surface area contributed by atoms with E-state index in [2.05, 4.69) is 5.32 Å². The van der Waals surface area contributed by atoms with Crippen LogP contribution in [0.15, 0.2) is 18.2 Å². The van der Waals surface area contributed by atoms with Crippen molar-refractivity contribution >= 4 is 17.9 Å². The number of urea groups is 1. The van der Waals surface area contributed by atoms with Gasteiger partial charge in [0.1, 0.15) is 17.1 Å². The minimum absolute atomic E-state index is 0.0666. The maximum Gasteiger partial charge on any atom is 0.346 e. The van der Waals surface area contributed by atoms with Crippen LogP contribution in [-0.2, 0) is 9.53 Å². The van der Waals surface area contributed by atoms with Crippen molar-refractivity contribution in [1.82, 2.24) is 10.6 Å². The van der Waals surface area contributed by atoms with Gasteiger partial charge in [-0.3, -0.25) is 10.1 Å². The maximum absolute atomic E-state index is 12.1. The minimum Gasteiger partial charge on any atom is -0.496 e. The van der Waals surface area contributed by atoms with E-state index in [9.17, 15) is 14.4 Å². The second-order valence-electron chi connectivity index (χ2n) is 4.79. The van der Waals surface area contributed by atoms with Crippen LogP contribution in [0.25, 0.3) is 0 Å². The van der Waals surface area contributed by atoms with Gasteiger partial charge in [-0.1, -0.05) is 6.07 Å². The molecule has 126 valence electrons. The smallest absolute Gasteiger partial charge is 0.346 e. The van der Waals surface area contributed by atoms with Crippen molar-refractivity contribution in [3.05, 3.63) is 23.8 Å². The van der Waals surface area contributed by atoms with Gasteiger partial charge >= 0.3 is 12.0 Å². The summed E-state index contributed by atoms with van der Waals surface area (Å²) in [4.78, 5) is 35.0. The Kier molecular flexibility index (Phi) is 6.85. The molecule has 1 rings (SSSR count). The summed E-state index contributed by atoms with van der Waals surface area (Å²) in [5.41, 5.74) is 0.0666. The first kappa shape index (κ1) is 18.3. The number of carbonyl (C=O) groups is 3. The predicted octanol–water partition coefficient (Wildman–Crippen LogP) is 1.09. The molecule has 0 fully saturated rings. The Morgan fingerprint density at radius 1 is 1.09 bits per heavy atom. The molecule has 0 aliphatic carbocycles. The molecule has 0 unspecified atom stereocenters. The molecule has 0 atom stereocenters. The van der Waals surface area contributed by atoms with Crippen molar-refractivity contribution < 1.29 is 28.6 Å². The fourth-order valence-corrected chi connectivity index (χ4v) is 1.72. The molecule has 23 heavy (non-hydrogen) atoms. The molecule has 2 N–H and O–H groups in total. The van der Waals surface area contributed by atoms with Gasteiger partial charge in [0.25, 0.3) is 5.91 Å². The topological polar surface area (TPSA) is 103 Å². The molecule has 8 heteroatoms. The number of esters is 1. The molecule has 1 aromatic rings. The number of amides is 3. The Balaban J connectivity index is 2.67. The van der Waals surface area contributed by atoms with Crippen molar-refractivity contribution in [1.29, 1.82) is 0 Å². The summed E-state index contributed by atoms with van der Waals surface area (Å²) in [6, 6.07) is 4.00. The van der Waals surface area contributed by atoms with Gasteiger partial charge < -0.3 is 19.5 Å². The first-order valence-corrected chi connectivity index (χ1v) is 6.87. The Morgan fingerprint density at radius 2 is 1.65 bits per heavy atom. The summed E-state index contributed by atoms with van der Waals surface area (Å²) < 4.78 is 15.0. The van der Waals surface area contributed by atoms with Crippen LogP contribution in [-0.4, -0.2) is 44.8 Å². The van der Waals surface area contributed by atoms with Crippen molar-refractivity contribution in [2.24, 2.45) is 0 Å². The van der Waals surface area contributed by atoms with Crippen LogP contribution >= 0.6 is 0 Å². The molecule has 0 spiro atoms.